The van der Waals surface area contributed by atoms with Crippen LogP contribution in [0.4, 0.5) is 4.39 Å². The molecule has 98 valence electrons. The Hall–Kier alpha value is -1.43. The molecule has 2 nitrogen and oxygen atoms in total. The van der Waals surface area contributed by atoms with E-state index in [-0.39, 0.29) is 11.7 Å². The first-order valence-corrected chi connectivity index (χ1v) is 7.02. The number of halogens is 2. The highest BCUT2D eigenvalue weighted by Crippen LogP contribution is 2.08. The maximum absolute atomic E-state index is 13.4. The molecule has 19 heavy (non-hydrogen) atoms. The minimum atomic E-state index is -0.231. The molecule has 2 aromatic carbocycles. The average Bonchev–Trinajstić information content (AvgIpc) is 2.41. The van der Waals surface area contributed by atoms with Crippen LogP contribution in [0.5, 0.6) is 0 Å². The van der Waals surface area contributed by atoms with Gasteiger partial charge in [-0.25, -0.2) is 4.39 Å². The molecule has 0 saturated carbocycles. The van der Waals surface area contributed by atoms with Crippen molar-refractivity contribution in [2.24, 2.45) is 0 Å². The number of hydrogen-bond acceptors (Lipinski definition) is 1. The van der Waals surface area contributed by atoms with Crippen molar-refractivity contribution in [3.63, 3.8) is 0 Å². The number of carbonyl (C=O) groups is 1. The van der Waals surface area contributed by atoms with Crippen LogP contribution in [0.25, 0.3) is 0 Å². The summed E-state index contributed by atoms with van der Waals surface area (Å²) in [5, 5.41) is 2.79. The first kappa shape index (κ1) is 14.0. The van der Waals surface area contributed by atoms with Gasteiger partial charge in [0.1, 0.15) is 5.82 Å². The van der Waals surface area contributed by atoms with Gasteiger partial charge in [-0.1, -0.05) is 18.2 Å². The third-order valence-corrected chi connectivity index (χ3v) is 3.46. The van der Waals surface area contributed by atoms with Crippen molar-refractivity contribution in [3.8, 4) is 0 Å². The lowest BCUT2D eigenvalue weighted by Crippen LogP contribution is -2.25. The average molecular weight is 369 g/mol. The van der Waals surface area contributed by atoms with E-state index in [1.54, 1.807) is 30.3 Å². The fraction of sp³-hybridized carbons (Fsp3) is 0.133. The SMILES string of the molecule is O=C(NCCc1ccccc1F)c1ccc(I)cc1. The zero-order valence-corrected chi connectivity index (χ0v) is 12.4. The van der Waals surface area contributed by atoms with Crippen LogP contribution in [-0.4, -0.2) is 12.5 Å². The summed E-state index contributed by atoms with van der Waals surface area (Å²) in [5.41, 5.74) is 1.24. The lowest BCUT2D eigenvalue weighted by molar-refractivity contribution is 0.0954. The Morgan fingerprint density at radius 2 is 1.79 bits per heavy atom. The molecule has 0 radical (unpaired) electrons. The van der Waals surface area contributed by atoms with Crippen molar-refractivity contribution in [1.82, 2.24) is 5.32 Å². The fourth-order valence-corrected chi connectivity index (χ4v) is 2.07. The quantitative estimate of drug-likeness (QED) is 0.823. The van der Waals surface area contributed by atoms with Gasteiger partial charge < -0.3 is 5.32 Å². The molecule has 2 rings (SSSR count). The van der Waals surface area contributed by atoms with Crippen LogP contribution in [0.2, 0.25) is 0 Å². The molecule has 1 N–H and O–H groups in total. The number of benzene rings is 2. The van der Waals surface area contributed by atoms with Gasteiger partial charge in [0, 0.05) is 15.7 Å². The van der Waals surface area contributed by atoms with Gasteiger partial charge in [0.25, 0.3) is 5.91 Å². The summed E-state index contributed by atoms with van der Waals surface area (Å²) >= 11 is 2.19. The van der Waals surface area contributed by atoms with E-state index in [0.717, 1.165) is 3.57 Å². The first-order valence-electron chi connectivity index (χ1n) is 5.94. The number of hydrogen-bond donors (Lipinski definition) is 1. The van der Waals surface area contributed by atoms with E-state index in [9.17, 15) is 9.18 Å². The van der Waals surface area contributed by atoms with Crippen molar-refractivity contribution in [1.29, 1.82) is 0 Å². The second-order valence-corrected chi connectivity index (χ2v) is 5.35. The topological polar surface area (TPSA) is 29.1 Å². The molecule has 0 fully saturated rings. The molecule has 0 aromatic heterocycles. The Morgan fingerprint density at radius 1 is 1.11 bits per heavy atom. The summed E-state index contributed by atoms with van der Waals surface area (Å²) in [6, 6.07) is 13.9. The second kappa shape index (κ2) is 6.65. The van der Waals surface area contributed by atoms with Crippen LogP contribution in [-0.2, 0) is 6.42 Å². The maximum Gasteiger partial charge on any atom is 0.251 e. The molecule has 0 spiro atoms. The summed E-state index contributed by atoms with van der Waals surface area (Å²) in [6.07, 6.45) is 0.489. The maximum atomic E-state index is 13.4. The third-order valence-electron chi connectivity index (χ3n) is 2.74. The second-order valence-electron chi connectivity index (χ2n) is 4.10. The van der Waals surface area contributed by atoms with Gasteiger partial charge in [-0.3, -0.25) is 4.79 Å². The number of rotatable bonds is 4. The van der Waals surface area contributed by atoms with E-state index in [4.69, 9.17) is 0 Å². The Labute approximate surface area is 125 Å². The first-order chi connectivity index (χ1) is 9.16. The van der Waals surface area contributed by atoms with Gasteiger partial charge in [-0.2, -0.15) is 0 Å². The predicted molar refractivity (Wildman–Crippen MR) is 81.6 cm³/mol. The lowest BCUT2D eigenvalue weighted by atomic mass is 10.1. The Morgan fingerprint density at radius 3 is 2.47 bits per heavy atom. The Kier molecular flexibility index (Phi) is 4.90. The summed E-state index contributed by atoms with van der Waals surface area (Å²) in [5.74, 6) is -0.362. The highest BCUT2D eigenvalue weighted by molar-refractivity contribution is 14.1. The highest BCUT2D eigenvalue weighted by atomic mass is 127. The summed E-state index contributed by atoms with van der Waals surface area (Å²) < 4.78 is 14.5. The van der Waals surface area contributed by atoms with Crippen molar-refractivity contribution >= 4 is 28.5 Å². The number of carbonyl (C=O) groups excluding carboxylic acids is 1. The zero-order valence-electron chi connectivity index (χ0n) is 10.2. The van der Waals surface area contributed by atoms with Crippen molar-refractivity contribution < 1.29 is 9.18 Å². The fourth-order valence-electron chi connectivity index (χ4n) is 1.72. The molecule has 2 aromatic rings. The normalized spacial score (nSPS) is 10.2. The molecule has 0 aliphatic rings. The molecule has 0 aliphatic heterocycles. The molecule has 0 atom stereocenters. The van der Waals surface area contributed by atoms with Crippen molar-refractivity contribution in [2.75, 3.05) is 6.54 Å². The molecule has 0 heterocycles. The van der Waals surface area contributed by atoms with E-state index in [1.807, 2.05) is 12.1 Å². The van der Waals surface area contributed by atoms with Crippen molar-refractivity contribution in [2.45, 2.75) is 6.42 Å². The molecule has 0 unspecified atom stereocenters. The zero-order chi connectivity index (χ0) is 13.7. The van der Waals surface area contributed by atoms with E-state index in [1.165, 1.54) is 6.07 Å². The lowest BCUT2D eigenvalue weighted by Gasteiger charge is -2.06. The molecule has 4 heteroatoms. The standard InChI is InChI=1S/C15H13FINO/c16-14-4-2-1-3-11(14)9-10-18-15(19)12-5-7-13(17)8-6-12/h1-8H,9-10H2,(H,18,19). The van der Waals surface area contributed by atoms with E-state index in [2.05, 4.69) is 27.9 Å². The highest BCUT2D eigenvalue weighted by Gasteiger charge is 2.05. The molecule has 0 bridgehead atoms. The number of nitrogens with one attached hydrogen (secondary N) is 1. The molecule has 0 saturated heterocycles. The van der Waals surface area contributed by atoms with Crippen LogP contribution in [0.3, 0.4) is 0 Å². The summed E-state index contributed by atoms with van der Waals surface area (Å²) in [6.45, 7) is 0.422. The molecule has 0 aliphatic carbocycles. The largest absolute Gasteiger partial charge is 0.352 e. The Balaban J connectivity index is 1.88. The van der Waals surface area contributed by atoms with E-state index < -0.39 is 0 Å². The van der Waals surface area contributed by atoms with Gasteiger partial charge in [0.05, 0.1) is 0 Å². The van der Waals surface area contributed by atoms with Crippen LogP contribution >= 0.6 is 22.6 Å². The third kappa shape index (κ3) is 4.02. The van der Waals surface area contributed by atoms with Gasteiger partial charge in [-0.15, -0.1) is 0 Å². The van der Waals surface area contributed by atoms with E-state index >= 15 is 0 Å². The monoisotopic (exact) mass is 369 g/mol. The number of amides is 1. The Bertz CT molecular complexity index is 569. The van der Waals surface area contributed by atoms with Gasteiger partial charge in [0.2, 0.25) is 0 Å². The summed E-state index contributed by atoms with van der Waals surface area (Å²) in [7, 11) is 0. The minimum Gasteiger partial charge on any atom is -0.352 e. The van der Waals surface area contributed by atoms with Crippen LogP contribution in [0.15, 0.2) is 48.5 Å². The predicted octanol–water partition coefficient (Wildman–Crippen LogP) is 3.40. The van der Waals surface area contributed by atoms with Crippen LogP contribution in [0.1, 0.15) is 15.9 Å². The minimum absolute atomic E-state index is 0.132. The van der Waals surface area contributed by atoms with Gasteiger partial charge in [0.15, 0.2) is 0 Å². The van der Waals surface area contributed by atoms with Crippen molar-refractivity contribution in [3.05, 3.63) is 69.0 Å². The molecule has 1 amide bonds. The van der Waals surface area contributed by atoms with Gasteiger partial charge in [-0.05, 0) is 64.9 Å². The summed E-state index contributed by atoms with van der Waals surface area (Å²) in [4.78, 5) is 11.8. The molecular weight excluding hydrogens is 356 g/mol. The van der Waals surface area contributed by atoms with Crippen LogP contribution in [0, 0.1) is 9.39 Å². The van der Waals surface area contributed by atoms with E-state index in [0.29, 0.717) is 24.1 Å². The molecular formula is C15H13FINO. The van der Waals surface area contributed by atoms with Crippen LogP contribution < -0.4 is 5.32 Å². The van der Waals surface area contributed by atoms with Gasteiger partial charge >= 0.3 is 0 Å². The smallest absolute Gasteiger partial charge is 0.251 e.